The van der Waals surface area contributed by atoms with E-state index in [2.05, 4.69) is 10.0 Å². The maximum Gasteiger partial charge on any atom is 0.250 e. The van der Waals surface area contributed by atoms with E-state index in [1.807, 2.05) is 6.07 Å². The molecule has 1 aromatic heterocycles. The van der Waals surface area contributed by atoms with Crippen molar-refractivity contribution in [2.24, 2.45) is 0 Å². The number of thiophene rings is 1. The van der Waals surface area contributed by atoms with Gasteiger partial charge < -0.3 is 10.1 Å². The van der Waals surface area contributed by atoms with Crippen LogP contribution in [0.25, 0.3) is 0 Å². The molecular formula is C12H18N2O3S2. The summed E-state index contributed by atoms with van der Waals surface area (Å²) in [5.41, 5.74) is 0. The van der Waals surface area contributed by atoms with E-state index < -0.39 is 10.0 Å². The summed E-state index contributed by atoms with van der Waals surface area (Å²) >= 11 is 1.34. The Hall–Kier alpha value is -0.470. The van der Waals surface area contributed by atoms with Crippen molar-refractivity contribution in [3.63, 3.8) is 0 Å². The average Bonchev–Trinajstić information content (AvgIpc) is 2.87. The first-order chi connectivity index (χ1) is 9.13. The Morgan fingerprint density at radius 2 is 2.11 bits per heavy atom. The zero-order valence-electron chi connectivity index (χ0n) is 10.6. The average molecular weight is 302 g/mol. The fourth-order valence-electron chi connectivity index (χ4n) is 2.04. The normalized spacial score (nSPS) is 23.9. The van der Waals surface area contributed by atoms with Crippen molar-refractivity contribution in [3.8, 4) is 0 Å². The third kappa shape index (κ3) is 3.55. The highest BCUT2D eigenvalue weighted by Gasteiger charge is 2.25. The van der Waals surface area contributed by atoms with Crippen LogP contribution in [0.1, 0.15) is 24.1 Å². The third-order valence-corrected chi connectivity index (χ3v) is 6.39. The molecule has 1 saturated heterocycles. The first-order valence-electron chi connectivity index (χ1n) is 6.56. The van der Waals surface area contributed by atoms with Gasteiger partial charge in [0.1, 0.15) is 4.21 Å². The summed E-state index contributed by atoms with van der Waals surface area (Å²) in [7, 11) is -3.39. The third-order valence-electron chi connectivity index (χ3n) is 3.30. The van der Waals surface area contributed by atoms with Crippen LogP contribution in [-0.2, 0) is 21.3 Å². The predicted molar refractivity (Wildman–Crippen MR) is 73.7 cm³/mol. The second kappa shape index (κ2) is 5.49. The minimum atomic E-state index is -3.39. The first-order valence-corrected chi connectivity index (χ1v) is 8.85. The van der Waals surface area contributed by atoms with Crippen molar-refractivity contribution >= 4 is 21.4 Å². The molecular weight excluding hydrogens is 284 g/mol. The summed E-state index contributed by atoms with van der Waals surface area (Å²) in [6, 6.07) is 4.13. The molecule has 1 aliphatic carbocycles. The molecule has 0 bridgehead atoms. The Labute approximate surface area is 117 Å². The summed E-state index contributed by atoms with van der Waals surface area (Å²) in [5.74, 6) is 0. The number of ether oxygens (including phenoxy) is 1. The van der Waals surface area contributed by atoms with Gasteiger partial charge in [0, 0.05) is 30.1 Å². The minimum Gasteiger partial charge on any atom is -0.380 e. The number of hydrogen-bond acceptors (Lipinski definition) is 5. The van der Waals surface area contributed by atoms with Gasteiger partial charge >= 0.3 is 0 Å². The van der Waals surface area contributed by atoms with E-state index >= 15 is 0 Å². The number of sulfonamides is 1. The smallest absolute Gasteiger partial charge is 0.250 e. The Morgan fingerprint density at radius 1 is 1.26 bits per heavy atom. The summed E-state index contributed by atoms with van der Waals surface area (Å²) in [4.78, 5) is 1.06. The van der Waals surface area contributed by atoms with Gasteiger partial charge in [-0.25, -0.2) is 13.1 Å². The van der Waals surface area contributed by atoms with Crippen LogP contribution in [0.5, 0.6) is 0 Å². The lowest BCUT2D eigenvalue weighted by Crippen LogP contribution is -2.34. The van der Waals surface area contributed by atoms with Gasteiger partial charge in [-0.1, -0.05) is 0 Å². The molecule has 0 spiro atoms. The highest BCUT2D eigenvalue weighted by atomic mass is 32.2. The predicted octanol–water partition coefficient (Wildman–Crippen LogP) is 1.07. The Bertz CT molecular complexity index is 531. The fraction of sp³-hybridized carbons (Fsp3) is 0.667. The Kier molecular flexibility index (Phi) is 3.91. The van der Waals surface area contributed by atoms with Crippen molar-refractivity contribution < 1.29 is 13.2 Å². The molecule has 3 rings (SSSR count). The van der Waals surface area contributed by atoms with Crippen LogP contribution in [0.2, 0.25) is 0 Å². The van der Waals surface area contributed by atoms with Crippen LogP contribution in [0.15, 0.2) is 16.3 Å². The molecule has 106 valence electrons. The van der Waals surface area contributed by atoms with Gasteiger partial charge in [-0.05, 0) is 31.4 Å². The van der Waals surface area contributed by atoms with Crippen LogP contribution in [-0.4, -0.2) is 33.7 Å². The standard InChI is InChI=1S/C12H18N2O3S2/c15-19(16,14-10-5-6-17-8-10)12-4-3-11(18-12)7-13-9-1-2-9/h3-4,9-10,13-14H,1-2,5-8H2. The number of nitrogens with one attached hydrogen (secondary N) is 2. The van der Waals surface area contributed by atoms with Crippen molar-refractivity contribution in [1.29, 1.82) is 0 Å². The molecule has 19 heavy (non-hydrogen) atoms. The van der Waals surface area contributed by atoms with Crippen molar-refractivity contribution in [2.75, 3.05) is 13.2 Å². The highest BCUT2D eigenvalue weighted by Crippen LogP contribution is 2.24. The molecule has 1 aliphatic heterocycles. The van der Waals surface area contributed by atoms with Crippen molar-refractivity contribution in [3.05, 3.63) is 17.0 Å². The topological polar surface area (TPSA) is 67.4 Å². The van der Waals surface area contributed by atoms with Crippen molar-refractivity contribution in [2.45, 2.75) is 42.1 Å². The largest absolute Gasteiger partial charge is 0.380 e. The van der Waals surface area contributed by atoms with Gasteiger partial charge in [0.2, 0.25) is 10.0 Å². The molecule has 1 saturated carbocycles. The lowest BCUT2D eigenvalue weighted by Gasteiger charge is -2.09. The van der Waals surface area contributed by atoms with E-state index in [1.54, 1.807) is 6.07 Å². The molecule has 0 aromatic carbocycles. The maximum atomic E-state index is 12.2. The van der Waals surface area contributed by atoms with E-state index in [9.17, 15) is 8.42 Å². The second-order valence-corrected chi connectivity index (χ2v) is 8.17. The summed E-state index contributed by atoms with van der Waals surface area (Å²) < 4.78 is 32.6. The summed E-state index contributed by atoms with van der Waals surface area (Å²) in [6.07, 6.45) is 3.22. The fourth-order valence-corrected chi connectivity index (χ4v) is 4.61. The van der Waals surface area contributed by atoms with E-state index in [1.165, 1.54) is 24.2 Å². The van der Waals surface area contributed by atoms with Crippen molar-refractivity contribution in [1.82, 2.24) is 10.0 Å². The Balaban J connectivity index is 1.62. The van der Waals surface area contributed by atoms with Crippen LogP contribution in [0.4, 0.5) is 0 Å². The monoisotopic (exact) mass is 302 g/mol. The molecule has 2 aliphatic rings. The maximum absolute atomic E-state index is 12.2. The molecule has 0 amide bonds. The Morgan fingerprint density at radius 3 is 2.79 bits per heavy atom. The molecule has 2 N–H and O–H groups in total. The second-order valence-electron chi connectivity index (χ2n) is 5.06. The lowest BCUT2D eigenvalue weighted by molar-refractivity contribution is 0.192. The quantitative estimate of drug-likeness (QED) is 0.825. The van der Waals surface area contributed by atoms with E-state index in [4.69, 9.17) is 4.74 Å². The van der Waals surface area contributed by atoms with Crippen LogP contribution in [0, 0.1) is 0 Å². The first kappa shape index (κ1) is 13.5. The molecule has 0 radical (unpaired) electrons. The SMILES string of the molecule is O=S(=O)(NC1CCOC1)c1ccc(CNC2CC2)s1. The molecule has 2 heterocycles. The zero-order chi connectivity index (χ0) is 13.3. The molecule has 2 fully saturated rings. The molecule has 5 nitrogen and oxygen atoms in total. The van der Waals surface area contributed by atoms with Gasteiger partial charge in [-0.3, -0.25) is 0 Å². The minimum absolute atomic E-state index is 0.0832. The highest BCUT2D eigenvalue weighted by molar-refractivity contribution is 7.91. The lowest BCUT2D eigenvalue weighted by atomic mass is 10.3. The van der Waals surface area contributed by atoms with Gasteiger partial charge in [-0.2, -0.15) is 0 Å². The van der Waals surface area contributed by atoms with E-state index in [0.717, 1.165) is 17.8 Å². The van der Waals surface area contributed by atoms with Crippen LogP contribution in [0.3, 0.4) is 0 Å². The van der Waals surface area contributed by atoms with E-state index in [0.29, 0.717) is 23.5 Å². The molecule has 1 aromatic rings. The summed E-state index contributed by atoms with van der Waals surface area (Å²) in [6.45, 7) is 1.87. The van der Waals surface area contributed by atoms with Gasteiger partial charge in [0.15, 0.2) is 0 Å². The van der Waals surface area contributed by atoms with Gasteiger partial charge in [0.05, 0.1) is 6.61 Å². The summed E-state index contributed by atoms with van der Waals surface area (Å²) in [5, 5.41) is 3.39. The molecule has 1 atom stereocenters. The number of rotatable bonds is 6. The molecule has 1 unspecified atom stereocenters. The van der Waals surface area contributed by atoms with E-state index in [-0.39, 0.29) is 6.04 Å². The van der Waals surface area contributed by atoms with Gasteiger partial charge in [0.25, 0.3) is 0 Å². The van der Waals surface area contributed by atoms with Crippen LogP contribution < -0.4 is 10.0 Å². The number of hydrogen-bond donors (Lipinski definition) is 2. The van der Waals surface area contributed by atoms with Crippen LogP contribution >= 0.6 is 11.3 Å². The molecule has 7 heteroatoms. The van der Waals surface area contributed by atoms with Gasteiger partial charge in [-0.15, -0.1) is 11.3 Å². The zero-order valence-corrected chi connectivity index (χ0v) is 12.2.